The molecule has 1 aromatic heterocycles. The van der Waals surface area contributed by atoms with Crippen molar-refractivity contribution < 1.29 is 18.0 Å². The summed E-state index contributed by atoms with van der Waals surface area (Å²) < 4.78 is 30.1. The number of amides is 2. The largest absolute Gasteiger partial charge is 0.343 e. The molecule has 186 valence electrons. The van der Waals surface area contributed by atoms with Gasteiger partial charge in [-0.2, -0.15) is 4.31 Å². The molecule has 11 heteroatoms. The van der Waals surface area contributed by atoms with Gasteiger partial charge >= 0.3 is 4.87 Å². The second-order valence-corrected chi connectivity index (χ2v) is 11.7. The van der Waals surface area contributed by atoms with Crippen LogP contribution in [0.1, 0.15) is 35.8 Å². The van der Waals surface area contributed by atoms with E-state index < -0.39 is 10.0 Å². The Morgan fingerprint density at radius 2 is 1.69 bits per heavy atom. The van der Waals surface area contributed by atoms with Crippen LogP contribution in [0.25, 0.3) is 10.2 Å². The van der Waals surface area contributed by atoms with E-state index in [-0.39, 0.29) is 60.3 Å². The van der Waals surface area contributed by atoms with Crippen LogP contribution in [0.4, 0.5) is 0 Å². The number of rotatable bonds is 6. The molecule has 1 N–H and O–H groups in total. The zero-order valence-corrected chi connectivity index (χ0v) is 21.5. The van der Waals surface area contributed by atoms with Crippen LogP contribution in [0, 0.1) is 6.92 Å². The van der Waals surface area contributed by atoms with Crippen LogP contribution in [-0.2, 0) is 14.8 Å². The lowest BCUT2D eigenvalue weighted by molar-refractivity contribution is -0.131. The Morgan fingerprint density at radius 3 is 2.31 bits per heavy atom. The van der Waals surface area contributed by atoms with Gasteiger partial charge in [0.15, 0.2) is 0 Å². The minimum Gasteiger partial charge on any atom is -0.343 e. The number of benzene rings is 2. The van der Waals surface area contributed by atoms with Crippen molar-refractivity contribution in [3.05, 3.63) is 63.3 Å². The van der Waals surface area contributed by atoms with Crippen molar-refractivity contribution in [3.8, 4) is 0 Å². The van der Waals surface area contributed by atoms with Crippen molar-refractivity contribution in [1.82, 2.24) is 19.1 Å². The van der Waals surface area contributed by atoms with Gasteiger partial charge in [-0.15, -0.1) is 0 Å². The van der Waals surface area contributed by atoms with E-state index in [2.05, 4.69) is 5.32 Å². The van der Waals surface area contributed by atoms with Crippen molar-refractivity contribution in [1.29, 1.82) is 0 Å². The van der Waals surface area contributed by atoms with Gasteiger partial charge in [0.2, 0.25) is 15.9 Å². The van der Waals surface area contributed by atoms with Crippen LogP contribution in [0.5, 0.6) is 0 Å². The van der Waals surface area contributed by atoms with E-state index >= 15 is 0 Å². The molecular formula is C24H28N4O5S2. The topological polar surface area (TPSA) is 109 Å². The molecule has 0 aliphatic carbocycles. The molecule has 35 heavy (non-hydrogen) atoms. The van der Waals surface area contributed by atoms with Crippen molar-refractivity contribution in [2.24, 2.45) is 0 Å². The van der Waals surface area contributed by atoms with Gasteiger partial charge in [-0.1, -0.05) is 29.0 Å². The molecule has 4 rings (SSSR count). The SMILES string of the molecule is Cc1ccc(C(=O)NCC(=O)N2CCN(S(=O)(=O)c3ccc4c(c3)sc(=O)n4C(C)C)CC2)cc1. The molecule has 3 aromatic rings. The maximum Gasteiger partial charge on any atom is 0.308 e. The molecular weight excluding hydrogens is 488 g/mol. The molecule has 9 nitrogen and oxygen atoms in total. The number of aromatic nitrogens is 1. The monoisotopic (exact) mass is 516 g/mol. The quantitative estimate of drug-likeness (QED) is 0.540. The number of fused-ring (bicyclic) bond motifs is 1. The van der Waals surface area contributed by atoms with Gasteiger partial charge in [-0.05, 0) is 51.1 Å². The van der Waals surface area contributed by atoms with Crippen LogP contribution >= 0.6 is 11.3 Å². The van der Waals surface area contributed by atoms with Crippen LogP contribution < -0.4 is 10.2 Å². The van der Waals surface area contributed by atoms with Crippen LogP contribution in [0.15, 0.2) is 52.2 Å². The summed E-state index contributed by atoms with van der Waals surface area (Å²) in [5.41, 5.74) is 2.23. The molecule has 1 aliphatic heterocycles. The highest BCUT2D eigenvalue weighted by atomic mass is 32.2. The van der Waals surface area contributed by atoms with Gasteiger partial charge in [0.1, 0.15) is 0 Å². The average Bonchev–Trinajstić information content (AvgIpc) is 3.18. The number of hydrogen-bond donors (Lipinski definition) is 1. The predicted molar refractivity (Wildman–Crippen MR) is 135 cm³/mol. The van der Waals surface area contributed by atoms with E-state index in [9.17, 15) is 22.8 Å². The summed E-state index contributed by atoms with van der Waals surface area (Å²) in [6.45, 7) is 6.37. The molecule has 0 radical (unpaired) electrons. The highest BCUT2D eigenvalue weighted by molar-refractivity contribution is 7.89. The van der Waals surface area contributed by atoms with Crippen molar-refractivity contribution in [2.75, 3.05) is 32.7 Å². The lowest BCUT2D eigenvalue weighted by atomic mass is 10.1. The Labute approximate surface area is 208 Å². The highest BCUT2D eigenvalue weighted by Crippen LogP contribution is 2.26. The minimum absolute atomic E-state index is 0.0222. The Kier molecular flexibility index (Phi) is 7.11. The summed E-state index contributed by atoms with van der Waals surface area (Å²) in [5.74, 6) is -0.590. The van der Waals surface area contributed by atoms with E-state index in [1.165, 1.54) is 10.4 Å². The van der Waals surface area contributed by atoms with E-state index in [1.807, 2.05) is 32.9 Å². The zero-order chi connectivity index (χ0) is 25.3. The number of nitrogens with one attached hydrogen (secondary N) is 1. The summed E-state index contributed by atoms with van der Waals surface area (Å²) in [7, 11) is -3.77. The van der Waals surface area contributed by atoms with Crippen LogP contribution in [0.2, 0.25) is 0 Å². The lowest BCUT2D eigenvalue weighted by Gasteiger charge is -2.34. The first-order valence-electron chi connectivity index (χ1n) is 11.4. The standard InChI is InChI=1S/C24H28N4O5S2/c1-16(2)28-20-9-8-19(14-21(20)34-24(28)31)35(32,33)27-12-10-26(11-13-27)22(29)15-25-23(30)18-6-4-17(3)5-7-18/h4-9,14,16H,10-13,15H2,1-3H3,(H,25,30). The van der Waals surface area contributed by atoms with Gasteiger partial charge < -0.3 is 10.2 Å². The summed E-state index contributed by atoms with van der Waals surface area (Å²) in [6, 6.07) is 11.8. The van der Waals surface area contributed by atoms with Crippen LogP contribution in [-0.4, -0.2) is 66.7 Å². The van der Waals surface area contributed by atoms with Gasteiger partial charge in [-0.25, -0.2) is 8.42 Å². The first-order valence-corrected chi connectivity index (χ1v) is 13.6. The maximum absolute atomic E-state index is 13.2. The molecule has 2 amide bonds. The van der Waals surface area contributed by atoms with E-state index in [0.29, 0.717) is 10.3 Å². The second-order valence-electron chi connectivity index (χ2n) is 8.79. The van der Waals surface area contributed by atoms with Crippen molar-refractivity contribution >= 4 is 43.4 Å². The fourth-order valence-electron chi connectivity index (χ4n) is 4.07. The molecule has 0 atom stereocenters. The maximum atomic E-state index is 13.2. The third-order valence-corrected chi connectivity index (χ3v) is 8.86. The Bertz CT molecular complexity index is 1420. The number of piperazine rings is 1. The van der Waals surface area contributed by atoms with Gasteiger partial charge in [0.25, 0.3) is 5.91 Å². The predicted octanol–water partition coefficient (Wildman–Crippen LogP) is 2.22. The first kappa shape index (κ1) is 25.1. The normalized spacial score (nSPS) is 15.0. The molecule has 1 aliphatic rings. The van der Waals surface area contributed by atoms with Gasteiger partial charge in [0, 0.05) is 37.8 Å². The van der Waals surface area contributed by atoms with Crippen molar-refractivity contribution in [2.45, 2.75) is 31.7 Å². The van der Waals surface area contributed by atoms with Gasteiger partial charge in [-0.3, -0.25) is 19.0 Å². The number of nitrogens with zero attached hydrogens (tertiary/aromatic N) is 3. The molecule has 1 fully saturated rings. The van der Waals surface area contributed by atoms with E-state index in [0.717, 1.165) is 22.4 Å². The summed E-state index contributed by atoms with van der Waals surface area (Å²) >= 11 is 1.03. The third-order valence-electron chi connectivity index (χ3n) is 6.04. The molecule has 2 heterocycles. The number of sulfonamides is 1. The Morgan fingerprint density at radius 1 is 1.03 bits per heavy atom. The number of thiazole rings is 1. The lowest BCUT2D eigenvalue weighted by Crippen LogP contribution is -2.52. The van der Waals surface area contributed by atoms with E-state index in [1.54, 1.807) is 33.7 Å². The summed E-state index contributed by atoms with van der Waals surface area (Å²) in [5, 5.41) is 2.63. The second kappa shape index (κ2) is 9.92. The third kappa shape index (κ3) is 5.16. The Balaban J connectivity index is 1.37. The molecule has 1 saturated heterocycles. The van der Waals surface area contributed by atoms with Gasteiger partial charge in [0.05, 0.1) is 21.7 Å². The number of aryl methyl sites for hydroxylation is 1. The molecule has 0 spiro atoms. The molecule has 0 bridgehead atoms. The fraction of sp³-hybridized carbons (Fsp3) is 0.375. The minimum atomic E-state index is -3.77. The molecule has 2 aromatic carbocycles. The average molecular weight is 517 g/mol. The van der Waals surface area contributed by atoms with Crippen LogP contribution in [0.3, 0.4) is 0 Å². The fourth-order valence-corrected chi connectivity index (χ4v) is 6.64. The molecule has 0 unspecified atom stereocenters. The first-order chi connectivity index (χ1) is 16.6. The number of hydrogen-bond acceptors (Lipinski definition) is 6. The van der Waals surface area contributed by atoms with E-state index in [4.69, 9.17) is 0 Å². The Hall–Kier alpha value is -3.02. The number of carbonyl (C=O) groups excluding carboxylic acids is 2. The zero-order valence-electron chi connectivity index (χ0n) is 19.9. The van der Waals surface area contributed by atoms with Crippen molar-refractivity contribution in [3.63, 3.8) is 0 Å². The highest BCUT2D eigenvalue weighted by Gasteiger charge is 2.30. The molecule has 0 saturated carbocycles. The smallest absolute Gasteiger partial charge is 0.308 e. The summed E-state index contributed by atoms with van der Waals surface area (Å²) in [6.07, 6.45) is 0. The summed E-state index contributed by atoms with van der Waals surface area (Å²) in [4.78, 5) is 38.7. The number of carbonyl (C=O) groups is 2.